The minimum atomic E-state index is -0.813. The molecule has 0 saturated heterocycles. The fourth-order valence-electron chi connectivity index (χ4n) is 1.35. The van der Waals surface area contributed by atoms with Gasteiger partial charge in [-0.15, -0.1) is 0 Å². The highest BCUT2D eigenvalue weighted by atomic mass is 28.2. The number of carbonyl (C=O) groups excluding carboxylic acids is 1. The number of ether oxygens (including phenoxy) is 3. The van der Waals surface area contributed by atoms with E-state index < -0.39 is 16.1 Å². The highest BCUT2D eigenvalue weighted by Crippen LogP contribution is 1.99. The van der Waals surface area contributed by atoms with Crippen LogP contribution in [0.1, 0.15) is 13.3 Å². The molecule has 0 aromatic carbocycles. The van der Waals surface area contributed by atoms with Crippen LogP contribution >= 0.6 is 0 Å². The van der Waals surface area contributed by atoms with Gasteiger partial charge in [0.1, 0.15) is 0 Å². The number of allylic oxidation sites excluding steroid dienone is 1. The van der Waals surface area contributed by atoms with E-state index in [-0.39, 0.29) is 39.0 Å². The van der Waals surface area contributed by atoms with Crippen LogP contribution in [-0.2, 0) is 23.4 Å². The molecule has 0 aliphatic heterocycles. The molecule has 0 aromatic heterocycles. The Hall–Kier alpha value is -0.773. The molecule has 0 amide bonds. The second-order valence-corrected chi connectivity index (χ2v) is 5.52. The van der Waals surface area contributed by atoms with E-state index in [1.165, 1.54) is 6.08 Å². The molecule has 0 spiro atoms. The van der Waals surface area contributed by atoms with Gasteiger partial charge in [0.05, 0.1) is 39.6 Å². The van der Waals surface area contributed by atoms with Crippen LogP contribution in [0, 0.1) is 0 Å². The van der Waals surface area contributed by atoms with E-state index in [1.54, 1.807) is 13.0 Å². The maximum absolute atomic E-state index is 11.0. The van der Waals surface area contributed by atoms with Crippen molar-refractivity contribution in [2.24, 2.45) is 0 Å². The lowest BCUT2D eigenvalue weighted by molar-refractivity contribution is -0.137. The monoisotopic (exact) mass is 322 g/mol. The molecular weight excluding hydrogens is 296 g/mol. The molecule has 0 saturated carbocycles. The number of carbonyl (C=O) groups is 1. The van der Waals surface area contributed by atoms with Crippen LogP contribution in [0.5, 0.6) is 0 Å². The van der Waals surface area contributed by atoms with Crippen molar-refractivity contribution in [1.82, 2.24) is 0 Å². The predicted molar refractivity (Wildman–Crippen MR) is 79.6 cm³/mol. The number of aliphatic hydroxyl groups excluding tert-OH is 2. The van der Waals surface area contributed by atoms with E-state index in [0.29, 0.717) is 6.61 Å². The smallest absolute Gasteiger partial charge is 0.330 e. The summed E-state index contributed by atoms with van der Waals surface area (Å²) in [6.07, 6.45) is 3.25. The molecule has 1 atom stereocenters. The van der Waals surface area contributed by atoms with Crippen LogP contribution in [-0.4, -0.2) is 71.9 Å². The summed E-state index contributed by atoms with van der Waals surface area (Å²) in [6.45, 7) is 2.64. The van der Waals surface area contributed by atoms with Crippen molar-refractivity contribution in [3.05, 3.63) is 12.2 Å². The van der Waals surface area contributed by atoms with Gasteiger partial charge in [-0.05, 0) is 19.4 Å². The maximum atomic E-state index is 11.0. The first-order chi connectivity index (χ1) is 10.2. The fourth-order valence-corrected chi connectivity index (χ4v) is 2.38. The second-order valence-electron chi connectivity index (χ2n) is 4.07. The minimum absolute atomic E-state index is 0.0538. The third-order valence-electron chi connectivity index (χ3n) is 2.27. The van der Waals surface area contributed by atoms with Gasteiger partial charge in [0, 0.05) is 6.08 Å². The van der Waals surface area contributed by atoms with Gasteiger partial charge in [0.25, 0.3) is 0 Å². The Morgan fingerprint density at radius 3 is 2.67 bits per heavy atom. The van der Waals surface area contributed by atoms with Crippen LogP contribution in [0.15, 0.2) is 12.2 Å². The Labute approximate surface area is 127 Å². The van der Waals surface area contributed by atoms with Crippen molar-refractivity contribution >= 4 is 15.7 Å². The fraction of sp³-hybridized carbons (Fsp3) is 0.769. The van der Waals surface area contributed by atoms with Crippen LogP contribution in [0.25, 0.3) is 0 Å². The summed E-state index contributed by atoms with van der Waals surface area (Å²) < 4.78 is 21.0. The lowest BCUT2D eigenvalue weighted by Crippen LogP contribution is -2.27. The summed E-state index contributed by atoms with van der Waals surface area (Å²) >= 11 is 0. The van der Waals surface area contributed by atoms with Crippen LogP contribution < -0.4 is 0 Å². The third-order valence-corrected chi connectivity index (χ3v) is 3.67. The summed E-state index contributed by atoms with van der Waals surface area (Å²) in [5, 5.41) is 17.3. The quantitative estimate of drug-likeness (QED) is 0.144. The van der Waals surface area contributed by atoms with E-state index in [1.807, 2.05) is 0 Å². The zero-order chi connectivity index (χ0) is 15.8. The Morgan fingerprint density at radius 1 is 1.24 bits per heavy atom. The first kappa shape index (κ1) is 20.2. The third kappa shape index (κ3) is 13.9. The van der Waals surface area contributed by atoms with E-state index in [9.17, 15) is 4.79 Å². The summed E-state index contributed by atoms with van der Waals surface area (Å²) in [6, 6.07) is 0.849. The number of rotatable bonds is 14. The standard InChI is InChI=1S/C13H26O7Si/c1-2-4-12(16)18-7-3-10-21-20-13(19-9-6-15)11-17-8-5-14/h2,4,13-15H,3,5-11,21H2,1H3. The molecule has 0 heterocycles. The molecule has 0 aliphatic rings. The zero-order valence-corrected chi connectivity index (χ0v) is 13.9. The predicted octanol–water partition coefficient (Wildman–Crippen LogP) is -0.642. The molecule has 0 radical (unpaired) electrons. The molecule has 0 fully saturated rings. The van der Waals surface area contributed by atoms with Gasteiger partial charge in [0.2, 0.25) is 0 Å². The van der Waals surface area contributed by atoms with Gasteiger partial charge in [0.15, 0.2) is 16.1 Å². The molecule has 1 unspecified atom stereocenters. The van der Waals surface area contributed by atoms with E-state index in [0.717, 1.165) is 12.5 Å². The first-order valence-electron chi connectivity index (χ1n) is 7.06. The van der Waals surface area contributed by atoms with Gasteiger partial charge < -0.3 is 28.8 Å². The van der Waals surface area contributed by atoms with Crippen molar-refractivity contribution in [3.8, 4) is 0 Å². The first-order valence-corrected chi connectivity index (χ1v) is 8.64. The van der Waals surface area contributed by atoms with Crippen molar-refractivity contribution in [2.45, 2.75) is 25.7 Å². The maximum Gasteiger partial charge on any atom is 0.330 e. The largest absolute Gasteiger partial charge is 0.463 e. The minimum Gasteiger partial charge on any atom is -0.463 e. The summed E-state index contributed by atoms with van der Waals surface area (Å²) in [7, 11) is -0.813. The zero-order valence-electron chi connectivity index (χ0n) is 12.5. The molecule has 7 nitrogen and oxygen atoms in total. The summed E-state index contributed by atoms with van der Waals surface area (Å²) in [5.74, 6) is -0.332. The number of esters is 1. The van der Waals surface area contributed by atoms with Crippen LogP contribution in [0.3, 0.4) is 0 Å². The van der Waals surface area contributed by atoms with Crippen molar-refractivity contribution in [2.75, 3.05) is 39.6 Å². The SMILES string of the molecule is CC=CC(=O)OCCC[SiH2]OC(COCCO)OCCO. The van der Waals surface area contributed by atoms with Crippen LogP contribution in [0.2, 0.25) is 6.04 Å². The second kappa shape index (κ2) is 15.6. The van der Waals surface area contributed by atoms with Gasteiger partial charge in [-0.2, -0.15) is 0 Å². The lowest BCUT2D eigenvalue weighted by Gasteiger charge is -2.18. The Morgan fingerprint density at radius 2 is 2.00 bits per heavy atom. The molecule has 0 aliphatic carbocycles. The van der Waals surface area contributed by atoms with E-state index >= 15 is 0 Å². The summed E-state index contributed by atoms with van der Waals surface area (Å²) in [4.78, 5) is 11.0. The molecular formula is C13H26O7Si. The van der Waals surface area contributed by atoms with Gasteiger partial charge in [-0.25, -0.2) is 4.79 Å². The summed E-state index contributed by atoms with van der Waals surface area (Å²) in [5.41, 5.74) is 0. The van der Waals surface area contributed by atoms with E-state index in [2.05, 4.69) is 0 Å². The molecule has 21 heavy (non-hydrogen) atoms. The Kier molecular flexibility index (Phi) is 15.0. The highest BCUT2D eigenvalue weighted by molar-refractivity contribution is 6.27. The topological polar surface area (TPSA) is 94.5 Å². The highest BCUT2D eigenvalue weighted by Gasteiger charge is 2.09. The molecule has 0 rings (SSSR count). The number of hydrogen-bond donors (Lipinski definition) is 2. The van der Waals surface area contributed by atoms with Crippen molar-refractivity contribution in [1.29, 1.82) is 0 Å². The Bertz CT molecular complexity index is 273. The molecule has 8 heteroatoms. The van der Waals surface area contributed by atoms with E-state index in [4.69, 9.17) is 28.8 Å². The molecule has 2 N–H and O–H groups in total. The molecule has 124 valence electrons. The average Bonchev–Trinajstić information content (AvgIpc) is 2.48. The van der Waals surface area contributed by atoms with Gasteiger partial charge >= 0.3 is 5.97 Å². The normalized spacial score (nSPS) is 13.3. The number of aliphatic hydroxyl groups is 2. The Balaban J connectivity index is 3.63. The average molecular weight is 322 g/mol. The molecule has 0 aromatic rings. The van der Waals surface area contributed by atoms with Crippen molar-refractivity contribution in [3.63, 3.8) is 0 Å². The van der Waals surface area contributed by atoms with Gasteiger partial charge in [-0.3, -0.25) is 0 Å². The van der Waals surface area contributed by atoms with Crippen molar-refractivity contribution < 1.29 is 33.6 Å². The lowest BCUT2D eigenvalue weighted by atomic mass is 10.5. The molecule has 0 bridgehead atoms. The van der Waals surface area contributed by atoms with Gasteiger partial charge in [-0.1, -0.05) is 6.08 Å². The van der Waals surface area contributed by atoms with Crippen LogP contribution in [0.4, 0.5) is 0 Å². The number of hydrogen-bond acceptors (Lipinski definition) is 7.